The summed E-state index contributed by atoms with van der Waals surface area (Å²) in [5.41, 5.74) is 2.32. The van der Waals surface area contributed by atoms with Gasteiger partial charge in [0, 0.05) is 10.6 Å². The topological polar surface area (TPSA) is 35.5 Å². The van der Waals surface area contributed by atoms with Crippen LogP contribution in [0.5, 0.6) is 11.5 Å². The average Bonchev–Trinajstić information content (AvgIpc) is 2.48. The largest absolute Gasteiger partial charge is 0.465 e. The zero-order valence-corrected chi connectivity index (χ0v) is 14.2. The van der Waals surface area contributed by atoms with Gasteiger partial charge >= 0.3 is 5.97 Å². The number of carbonyl (C=O) groups is 1. The minimum absolute atomic E-state index is 0.391. The third kappa shape index (κ3) is 3.39. The molecule has 2 rings (SSSR count). The number of rotatable bonds is 3. The number of aryl methyl sites for hydroxylation is 1. The van der Waals surface area contributed by atoms with Crippen LogP contribution in [0.1, 0.15) is 21.5 Å². The molecule has 0 fully saturated rings. The van der Waals surface area contributed by atoms with E-state index in [1.165, 1.54) is 7.11 Å². The molecule has 0 aliphatic carbocycles. The van der Waals surface area contributed by atoms with Crippen LogP contribution in [0.15, 0.2) is 34.8 Å². The third-order valence-corrected chi connectivity index (χ3v) is 4.13. The first-order chi connectivity index (χ1) is 9.93. The van der Waals surface area contributed by atoms with Crippen LogP contribution in [0.4, 0.5) is 0 Å². The minimum atomic E-state index is -0.391. The zero-order valence-electron chi connectivity index (χ0n) is 11.9. The smallest absolute Gasteiger partial charge is 0.337 e. The summed E-state index contributed by atoms with van der Waals surface area (Å²) in [7, 11) is 1.35. The summed E-state index contributed by atoms with van der Waals surface area (Å²) in [6.45, 7) is 3.86. The van der Waals surface area contributed by atoms with Crippen molar-refractivity contribution in [2.45, 2.75) is 13.8 Å². The molecule has 0 aliphatic rings. The molecular weight excluding hydrogens is 356 g/mol. The molecule has 0 atom stereocenters. The molecule has 21 heavy (non-hydrogen) atoms. The molecule has 110 valence electrons. The molecule has 0 spiro atoms. The van der Waals surface area contributed by atoms with Crippen molar-refractivity contribution in [2.24, 2.45) is 0 Å². The highest BCUT2D eigenvalue weighted by Crippen LogP contribution is 2.36. The van der Waals surface area contributed by atoms with Gasteiger partial charge in [-0.15, -0.1) is 0 Å². The van der Waals surface area contributed by atoms with Gasteiger partial charge in [-0.05, 0) is 59.6 Å². The summed E-state index contributed by atoms with van der Waals surface area (Å²) < 4.78 is 11.3. The second-order valence-electron chi connectivity index (χ2n) is 4.56. The Balaban J connectivity index is 2.37. The molecule has 5 heteroatoms. The maximum atomic E-state index is 11.5. The molecule has 0 aromatic heterocycles. The normalized spacial score (nSPS) is 10.3. The van der Waals surface area contributed by atoms with Gasteiger partial charge in [-0.25, -0.2) is 4.79 Å². The van der Waals surface area contributed by atoms with Gasteiger partial charge in [-0.1, -0.05) is 17.7 Å². The quantitative estimate of drug-likeness (QED) is 0.689. The lowest BCUT2D eigenvalue weighted by Gasteiger charge is -2.14. The Kier molecular flexibility index (Phi) is 4.91. The molecule has 0 N–H and O–H groups in total. The van der Waals surface area contributed by atoms with Crippen molar-refractivity contribution < 1.29 is 14.3 Å². The predicted molar refractivity (Wildman–Crippen MR) is 86.5 cm³/mol. The summed E-state index contributed by atoms with van der Waals surface area (Å²) >= 11 is 9.53. The Hall–Kier alpha value is -1.52. The molecule has 2 aromatic carbocycles. The van der Waals surface area contributed by atoms with Crippen molar-refractivity contribution in [3.8, 4) is 11.5 Å². The van der Waals surface area contributed by atoms with E-state index >= 15 is 0 Å². The van der Waals surface area contributed by atoms with Crippen LogP contribution in [0, 0.1) is 13.8 Å². The van der Waals surface area contributed by atoms with Crippen LogP contribution in [-0.2, 0) is 4.74 Å². The summed E-state index contributed by atoms with van der Waals surface area (Å²) in [5, 5.41) is 0.651. The predicted octanol–water partition coefficient (Wildman–Crippen LogP) is 5.30. The molecule has 0 aliphatic heterocycles. The average molecular weight is 370 g/mol. The molecule has 0 bridgehead atoms. The van der Waals surface area contributed by atoms with E-state index < -0.39 is 5.97 Å². The van der Waals surface area contributed by atoms with Crippen LogP contribution in [0.2, 0.25) is 5.02 Å². The van der Waals surface area contributed by atoms with E-state index in [4.69, 9.17) is 16.3 Å². The highest BCUT2D eigenvalue weighted by molar-refractivity contribution is 9.10. The van der Waals surface area contributed by atoms with Crippen LogP contribution < -0.4 is 4.74 Å². The van der Waals surface area contributed by atoms with Gasteiger partial charge in [0.1, 0.15) is 11.5 Å². The van der Waals surface area contributed by atoms with Crippen LogP contribution >= 0.6 is 27.5 Å². The standard InChI is InChI=1S/C16H14BrClO3/c1-9-4-6-13(18)10(2)15(9)21-14-7-5-11(8-12(14)17)16(19)20-3/h4-8H,1-3H3. The van der Waals surface area contributed by atoms with Gasteiger partial charge in [0.25, 0.3) is 0 Å². The Bertz CT molecular complexity index is 698. The third-order valence-electron chi connectivity index (χ3n) is 3.10. The van der Waals surface area contributed by atoms with E-state index in [1.807, 2.05) is 26.0 Å². The fourth-order valence-corrected chi connectivity index (χ4v) is 2.51. The number of esters is 1. The number of methoxy groups -OCH3 is 1. The second-order valence-corrected chi connectivity index (χ2v) is 5.82. The van der Waals surface area contributed by atoms with Crippen LogP contribution in [0.3, 0.4) is 0 Å². The van der Waals surface area contributed by atoms with E-state index in [0.29, 0.717) is 26.6 Å². The maximum Gasteiger partial charge on any atom is 0.337 e. The highest BCUT2D eigenvalue weighted by Gasteiger charge is 2.13. The maximum absolute atomic E-state index is 11.5. The first-order valence-electron chi connectivity index (χ1n) is 6.25. The molecule has 2 aromatic rings. The number of carbonyl (C=O) groups excluding carboxylic acids is 1. The van der Waals surface area contributed by atoms with E-state index in [2.05, 4.69) is 20.7 Å². The fraction of sp³-hybridized carbons (Fsp3) is 0.188. The van der Waals surface area contributed by atoms with Crippen LogP contribution in [0.25, 0.3) is 0 Å². The van der Waals surface area contributed by atoms with Gasteiger partial charge in [-0.3, -0.25) is 0 Å². The Labute approximate surface area is 137 Å². The second kappa shape index (κ2) is 6.50. The molecule has 0 amide bonds. The van der Waals surface area contributed by atoms with Crippen molar-refractivity contribution >= 4 is 33.5 Å². The monoisotopic (exact) mass is 368 g/mol. The van der Waals surface area contributed by atoms with Crippen LogP contribution in [-0.4, -0.2) is 13.1 Å². The van der Waals surface area contributed by atoms with Crippen molar-refractivity contribution in [3.05, 3.63) is 56.5 Å². The molecule has 0 saturated carbocycles. The summed E-state index contributed by atoms with van der Waals surface area (Å²) in [4.78, 5) is 11.5. The van der Waals surface area contributed by atoms with Crippen molar-refractivity contribution in [1.29, 1.82) is 0 Å². The fourth-order valence-electron chi connectivity index (χ4n) is 1.90. The lowest BCUT2D eigenvalue weighted by molar-refractivity contribution is 0.0600. The summed E-state index contributed by atoms with van der Waals surface area (Å²) in [5.74, 6) is 0.933. The Morgan fingerprint density at radius 2 is 1.90 bits per heavy atom. The van der Waals surface area contributed by atoms with E-state index in [1.54, 1.807) is 18.2 Å². The van der Waals surface area contributed by atoms with E-state index in [0.717, 1.165) is 11.1 Å². The first-order valence-corrected chi connectivity index (χ1v) is 7.42. The lowest BCUT2D eigenvalue weighted by atomic mass is 10.1. The molecule has 0 radical (unpaired) electrons. The summed E-state index contributed by atoms with van der Waals surface area (Å²) in [6.07, 6.45) is 0. The number of ether oxygens (including phenoxy) is 2. The SMILES string of the molecule is COC(=O)c1ccc(Oc2c(C)ccc(Cl)c2C)c(Br)c1. The molecule has 3 nitrogen and oxygen atoms in total. The molecule has 0 heterocycles. The van der Waals surface area contributed by atoms with Gasteiger partial charge < -0.3 is 9.47 Å². The van der Waals surface area contributed by atoms with Gasteiger partial charge in [0.2, 0.25) is 0 Å². The van der Waals surface area contributed by atoms with E-state index in [9.17, 15) is 4.79 Å². The van der Waals surface area contributed by atoms with Gasteiger partial charge in [0.05, 0.1) is 17.1 Å². The van der Waals surface area contributed by atoms with Gasteiger partial charge in [0.15, 0.2) is 0 Å². The van der Waals surface area contributed by atoms with E-state index in [-0.39, 0.29) is 0 Å². The zero-order chi connectivity index (χ0) is 15.6. The summed E-state index contributed by atoms with van der Waals surface area (Å²) in [6, 6.07) is 8.78. The minimum Gasteiger partial charge on any atom is -0.465 e. The number of hydrogen-bond donors (Lipinski definition) is 0. The van der Waals surface area contributed by atoms with Crippen molar-refractivity contribution in [2.75, 3.05) is 7.11 Å². The van der Waals surface area contributed by atoms with Crippen molar-refractivity contribution in [3.63, 3.8) is 0 Å². The molecule has 0 saturated heterocycles. The first kappa shape index (κ1) is 15.9. The van der Waals surface area contributed by atoms with Crippen molar-refractivity contribution in [1.82, 2.24) is 0 Å². The lowest BCUT2D eigenvalue weighted by Crippen LogP contribution is -2.01. The highest BCUT2D eigenvalue weighted by atomic mass is 79.9. The Morgan fingerprint density at radius 3 is 2.52 bits per heavy atom. The Morgan fingerprint density at radius 1 is 1.19 bits per heavy atom. The number of halogens is 2. The molecular formula is C16H14BrClO3. The number of benzene rings is 2. The van der Waals surface area contributed by atoms with Gasteiger partial charge in [-0.2, -0.15) is 0 Å². The number of hydrogen-bond acceptors (Lipinski definition) is 3. The molecule has 0 unspecified atom stereocenters.